The van der Waals surface area contributed by atoms with Gasteiger partial charge in [0.2, 0.25) is 0 Å². The number of nitrogens with zero attached hydrogens (tertiary/aromatic N) is 4. The van der Waals surface area contributed by atoms with Crippen molar-refractivity contribution in [1.29, 1.82) is 0 Å². The van der Waals surface area contributed by atoms with Gasteiger partial charge in [0.15, 0.2) is 10.8 Å². The molecule has 0 bridgehead atoms. The fourth-order valence-corrected chi connectivity index (χ4v) is 4.83. The number of hydrogen-bond acceptors (Lipinski definition) is 8. The predicted octanol–water partition coefficient (Wildman–Crippen LogP) is 2.05. The van der Waals surface area contributed by atoms with Gasteiger partial charge in [0, 0.05) is 82.3 Å². The minimum Gasteiger partial charge on any atom is -0.507 e. The molecule has 3 aromatic rings. The van der Waals surface area contributed by atoms with E-state index in [0.717, 1.165) is 63.5 Å². The van der Waals surface area contributed by atoms with Gasteiger partial charge in [-0.2, -0.15) is 0 Å². The molecule has 2 fully saturated rings. The van der Waals surface area contributed by atoms with Crippen molar-refractivity contribution < 1.29 is 9.90 Å². The molecule has 0 atom stereocenters. The van der Waals surface area contributed by atoms with Crippen molar-refractivity contribution >= 4 is 34.2 Å². The van der Waals surface area contributed by atoms with Crippen LogP contribution in [0.1, 0.15) is 21.6 Å². The highest BCUT2D eigenvalue weighted by atomic mass is 35.5. The van der Waals surface area contributed by atoms with Gasteiger partial charge in [-0.3, -0.25) is 14.6 Å². The molecule has 1 amide bonds. The third kappa shape index (κ3) is 5.71. The van der Waals surface area contributed by atoms with Crippen LogP contribution in [0.4, 0.5) is 5.69 Å². The van der Waals surface area contributed by atoms with Crippen LogP contribution in [-0.4, -0.2) is 83.1 Å². The summed E-state index contributed by atoms with van der Waals surface area (Å²) in [6, 6.07) is 11.0. The lowest BCUT2D eigenvalue weighted by atomic mass is 10.0. The van der Waals surface area contributed by atoms with Crippen LogP contribution in [0.25, 0.3) is 11.0 Å². The average Bonchev–Trinajstić information content (AvgIpc) is 2.87. The number of phenols is 1. The number of amides is 1. The fourth-order valence-electron chi connectivity index (χ4n) is 4.61. The summed E-state index contributed by atoms with van der Waals surface area (Å²) in [4.78, 5) is 26.5. The maximum absolute atomic E-state index is 13.2. The third-order valence-corrected chi connectivity index (χ3v) is 6.74. The van der Waals surface area contributed by atoms with E-state index in [1.54, 1.807) is 12.1 Å². The monoisotopic (exact) mass is 495 g/mol. The molecule has 10 heteroatoms. The molecule has 2 saturated heterocycles. The lowest BCUT2D eigenvalue weighted by molar-refractivity contribution is 0.102. The summed E-state index contributed by atoms with van der Waals surface area (Å²) < 4.78 is 0. The molecule has 0 radical (unpaired) electrons. The largest absolute Gasteiger partial charge is 0.507 e. The number of aromatic nitrogens is 2. The van der Waals surface area contributed by atoms with Crippen molar-refractivity contribution in [3.8, 4) is 5.75 Å². The van der Waals surface area contributed by atoms with Gasteiger partial charge in [-0.15, -0.1) is 0 Å². The second kappa shape index (κ2) is 10.8. The van der Waals surface area contributed by atoms with Gasteiger partial charge in [0.25, 0.3) is 5.91 Å². The lowest BCUT2D eigenvalue weighted by Gasteiger charge is -2.29. The summed E-state index contributed by atoms with van der Waals surface area (Å²) in [5.41, 5.74) is 3.51. The van der Waals surface area contributed by atoms with Crippen LogP contribution < -0.4 is 16.0 Å². The number of hydrogen-bond donors (Lipinski definition) is 4. The molecule has 2 aliphatic rings. The van der Waals surface area contributed by atoms with Crippen LogP contribution in [-0.2, 0) is 13.1 Å². The Morgan fingerprint density at radius 3 is 1.97 bits per heavy atom. The first-order chi connectivity index (χ1) is 17.1. The minimum atomic E-state index is -0.430. The van der Waals surface area contributed by atoms with Crippen LogP contribution in [0.2, 0.25) is 5.15 Å². The highest BCUT2D eigenvalue weighted by Crippen LogP contribution is 2.30. The number of halogens is 1. The Balaban J connectivity index is 1.43. The Hall–Kier alpha value is -2.82. The minimum absolute atomic E-state index is 0.0575. The number of phenolic OH excluding ortho intramolecular Hbond substituents is 1. The molecule has 2 aromatic carbocycles. The highest BCUT2D eigenvalue weighted by Gasteiger charge is 2.21. The highest BCUT2D eigenvalue weighted by molar-refractivity contribution is 6.33. The molecule has 3 heterocycles. The van der Waals surface area contributed by atoms with Crippen molar-refractivity contribution in [2.75, 3.05) is 57.7 Å². The van der Waals surface area contributed by atoms with E-state index in [1.807, 2.05) is 24.3 Å². The molecule has 9 nitrogen and oxygen atoms in total. The fraction of sp³-hybridized carbons (Fsp3) is 0.400. The molecule has 0 unspecified atom stereocenters. The summed E-state index contributed by atoms with van der Waals surface area (Å²) in [7, 11) is 0. The van der Waals surface area contributed by atoms with Crippen molar-refractivity contribution in [2.24, 2.45) is 0 Å². The molecule has 184 valence electrons. The van der Waals surface area contributed by atoms with E-state index < -0.39 is 5.91 Å². The SMILES string of the molecule is O=C(Nc1cc(CN2CCNCC2)c(O)c(CN2CCNCC2)c1)c1nc2ccccc2nc1Cl. The van der Waals surface area contributed by atoms with E-state index in [1.165, 1.54) is 0 Å². The number of anilines is 1. The second-order valence-electron chi connectivity index (χ2n) is 9.00. The van der Waals surface area contributed by atoms with E-state index in [9.17, 15) is 9.90 Å². The zero-order valence-electron chi connectivity index (χ0n) is 19.6. The van der Waals surface area contributed by atoms with Gasteiger partial charge in [-0.05, 0) is 24.3 Å². The summed E-state index contributed by atoms with van der Waals surface area (Å²) in [5, 5.41) is 20.9. The summed E-state index contributed by atoms with van der Waals surface area (Å²) >= 11 is 6.31. The van der Waals surface area contributed by atoms with Gasteiger partial charge < -0.3 is 21.1 Å². The average molecular weight is 496 g/mol. The Morgan fingerprint density at radius 2 is 1.43 bits per heavy atom. The van der Waals surface area contributed by atoms with Crippen LogP contribution in [0.3, 0.4) is 0 Å². The van der Waals surface area contributed by atoms with Gasteiger partial charge in [-0.1, -0.05) is 23.7 Å². The zero-order valence-corrected chi connectivity index (χ0v) is 20.3. The number of para-hydroxylation sites is 2. The second-order valence-corrected chi connectivity index (χ2v) is 9.36. The number of benzene rings is 2. The number of carbonyl (C=O) groups is 1. The van der Waals surface area contributed by atoms with Crippen molar-refractivity contribution in [3.05, 3.63) is 58.4 Å². The number of rotatable bonds is 6. The molecule has 4 N–H and O–H groups in total. The summed E-state index contributed by atoms with van der Waals surface area (Å²) in [5.74, 6) is -0.135. The van der Waals surface area contributed by atoms with E-state index >= 15 is 0 Å². The van der Waals surface area contributed by atoms with Crippen LogP contribution in [0.15, 0.2) is 36.4 Å². The first-order valence-corrected chi connectivity index (χ1v) is 12.4. The Morgan fingerprint density at radius 1 is 0.914 bits per heavy atom. The first kappa shape index (κ1) is 23.9. The lowest BCUT2D eigenvalue weighted by Crippen LogP contribution is -2.43. The quantitative estimate of drug-likeness (QED) is 0.385. The Kier molecular flexibility index (Phi) is 7.40. The van der Waals surface area contributed by atoms with Gasteiger partial charge in [0.05, 0.1) is 11.0 Å². The van der Waals surface area contributed by atoms with E-state index in [2.05, 4.69) is 35.7 Å². The number of nitrogens with one attached hydrogen (secondary N) is 3. The zero-order chi connectivity index (χ0) is 24.2. The van der Waals surface area contributed by atoms with Crippen molar-refractivity contribution in [3.63, 3.8) is 0 Å². The van der Waals surface area contributed by atoms with Gasteiger partial charge in [0.1, 0.15) is 5.75 Å². The normalized spacial score (nSPS) is 17.5. The number of fused-ring (bicyclic) bond motifs is 1. The van der Waals surface area contributed by atoms with Crippen LogP contribution >= 0.6 is 11.6 Å². The standard InChI is InChI=1S/C25H30ClN7O2/c26-24-22(30-20-3-1-2-4-21(20)31-24)25(35)29-19-13-17(15-32-9-5-27-6-10-32)23(34)18(14-19)16-33-11-7-28-8-12-33/h1-4,13-14,27-28,34H,5-12,15-16H2,(H,29,35). The number of piperazine rings is 2. The van der Waals surface area contributed by atoms with Gasteiger partial charge in [-0.25, -0.2) is 9.97 Å². The molecule has 2 aliphatic heterocycles. The molecule has 0 aliphatic carbocycles. The van der Waals surface area contributed by atoms with E-state index in [-0.39, 0.29) is 10.8 Å². The van der Waals surface area contributed by atoms with Gasteiger partial charge >= 0.3 is 0 Å². The Bertz CT molecular complexity index is 1170. The smallest absolute Gasteiger partial charge is 0.277 e. The number of aromatic hydroxyl groups is 1. The van der Waals surface area contributed by atoms with E-state index in [0.29, 0.717) is 35.6 Å². The summed E-state index contributed by atoms with van der Waals surface area (Å²) in [6.45, 7) is 8.54. The third-order valence-electron chi connectivity index (χ3n) is 6.48. The maximum Gasteiger partial charge on any atom is 0.277 e. The summed E-state index contributed by atoms with van der Waals surface area (Å²) in [6.07, 6.45) is 0. The number of carbonyl (C=O) groups excluding carboxylic acids is 1. The maximum atomic E-state index is 13.2. The molecule has 1 aromatic heterocycles. The topological polar surface area (TPSA) is 106 Å². The molecule has 5 rings (SSSR count). The molecule has 0 saturated carbocycles. The molecular weight excluding hydrogens is 466 g/mol. The molecular formula is C25H30ClN7O2. The predicted molar refractivity (Wildman–Crippen MR) is 137 cm³/mol. The molecule has 35 heavy (non-hydrogen) atoms. The van der Waals surface area contributed by atoms with E-state index in [4.69, 9.17) is 11.6 Å². The van der Waals surface area contributed by atoms with Crippen molar-refractivity contribution in [1.82, 2.24) is 30.4 Å². The molecule has 0 spiro atoms. The first-order valence-electron chi connectivity index (χ1n) is 12.0. The van der Waals surface area contributed by atoms with Crippen LogP contribution in [0, 0.1) is 0 Å². The van der Waals surface area contributed by atoms with Crippen LogP contribution in [0.5, 0.6) is 5.75 Å². The Labute approximate surface area is 209 Å². The van der Waals surface area contributed by atoms with Crippen molar-refractivity contribution in [2.45, 2.75) is 13.1 Å².